The Morgan fingerprint density at radius 2 is 2.04 bits per heavy atom. The fourth-order valence-corrected chi connectivity index (χ4v) is 4.33. The van der Waals surface area contributed by atoms with Gasteiger partial charge in [-0.05, 0) is 43.4 Å². The number of hydrogen-bond donors (Lipinski definition) is 1. The van der Waals surface area contributed by atoms with Crippen LogP contribution in [0.2, 0.25) is 0 Å². The number of aliphatic imine (C=N–C) groups is 1. The molecule has 1 unspecified atom stereocenters. The van der Waals surface area contributed by atoms with Crippen LogP contribution in [0.25, 0.3) is 0 Å². The van der Waals surface area contributed by atoms with Crippen LogP contribution in [0.4, 0.5) is 0 Å². The minimum absolute atomic E-state index is 0.260. The zero-order chi connectivity index (χ0) is 17.3. The monoisotopic (exact) mass is 343 g/mol. The first-order valence-corrected chi connectivity index (χ1v) is 9.37. The summed E-state index contributed by atoms with van der Waals surface area (Å²) in [7, 11) is 3.61. The molecule has 3 aliphatic rings. The normalized spacial score (nSPS) is 27.8. The summed E-state index contributed by atoms with van der Waals surface area (Å²) in [5.41, 5.74) is 2.03. The molecule has 2 heterocycles. The Morgan fingerprint density at radius 3 is 2.64 bits per heavy atom. The van der Waals surface area contributed by atoms with Gasteiger partial charge >= 0.3 is 0 Å². The van der Waals surface area contributed by atoms with Gasteiger partial charge in [0.2, 0.25) is 0 Å². The van der Waals surface area contributed by atoms with Crippen LogP contribution in [0.15, 0.2) is 29.3 Å². The first-order valence-electron chi connectivity index (χ1n) is 9.37. The van der Waals surface area contributed by atoms with Crippen LogP contribution in [-0.2, 0) is 10.2 Å². The lowest BCUT2D eigenvalue weighted by Gasteiger charge is -2.26. The third kappa shape index (κ3) is 3.22. The summed E-state index contributed by atoms with van der Waals surface area (Å²) in [6.45, 7) is 4.93. The minimum Gasteiger partial charge on any atom is -0.497 e. The number of ether oxygens (including phenoxy) is 2. The van der Waals surface area contributed by atoms with Crippen molar-refractivity contribution in [2.45, 2.75) is 31.1 Å². The van der Waals surface area contributed by atoms with Gasteiger partial charge in [-0.3, -0.25) is 4.99 Å². The number of guanidine groups is 1. The highest BCUT2D eigenvalue weighted by Gasteiger charge is 2.45. The van der Waals surface area contributed by atoms with Gasteiger partial charge in [0.15, 0.2) is 5.96 Å². The van der Waals surface area contributed by atoms with Crippen molar-refractivity contribution < 1.29 is 9.47 Å². The van der Waals surface area contributed by atoms with Crippen LogP contribution in [0.3, 0.4) is 0 Å². The van der Waals surface area contributed by atoms with Crippen molar-refractivity contribution >= 4 is 5.96 Å². The molecule has 1 aromatic carbocycles. The molecule has 1 atom stereocenters. The van der Waals surface area contributed by atoms with E-state index in [0.29, 0.717) is 5.41 Å². The predicted molar refractivity (Wildman–Crippen MR) is 99.3 cm³/mol. The molecular formula is C20H29N3O2. The van der Waals surface area contributed by atoms with Crippen molar-refractivity contribution in [3.05, 3.63) is 29.8 Å². The number of nitrogens with zero attached hydrogens (tertiary/aromatic N) is 2. The van der Waals surface area contributed by atoms with E-state index in [2.05, 4.69) is 39.5 Å². The summed E-state index contributed by atoms with van der Waals surface area (Å²) in [5, 5.41) is 3.65. The van der Waals surface area contributed by atoms with Gasteiger partial charge in [-0.15, -0.1) is 0 Å². The summed E-state index contributed by atoms with van der Waals surface area (Å²) >= 11 is 0. The molecule has 0 aromatic heterocycles. The topological polar surface area (TPSA) is 46.1 Å². The van der Waals surface area contributed by atoms with E-state index >= 15 is 0 Å². The Hall–Kier alpha value is -1.75. The Labute approximate surface area is 150 Å². The van der Waals surface area contributed by atoms with Gasteiger partial charge in [0.05, 0.1) is 13.7 Å². The molecule has 1 aromatic rings. The molecule has 1 saturated carbocycles. The van der Waals surface area contributed by atoms with Crippen molar-refractivity contribution in [2.24, 2.45) is 10.4 Å². The number of methoxy groups -OCH3 is 1. The molecule has 5 heteroatoms. The largest absolute Gasteiger partial charge is 0.497 e. The number of hydrogen-bond acceptors (Lipinski definition) is 3. The van der Waals surface area contributed by atoms with Crippen molar-refractivity contribution in [1.29, 1.82) is 0 Å². The van der Waals surface area contributed by atoms with Crippen molar-refractivity contribution in [3.63, 3.8) is 0 Å². The lowest BCUT2D eigenvalue weighted by Crippen LogP contribution is -2.44. The number of rotatable bonds is 4. The Balaban J connectivity index is 1.38. The minimum atomic E-state index is 0.260. The maximum atomic E-state index is 5.65. The van der Waals surface area contributed by atoms with Crippen molar-refractivity contribution in [3.8, 4) is 5.75 Å². The van der Waals surface area contributed by atoms with Crippen LogP contribution < -0.4 is 10.1 Å². The zero-order valence-corrected chi connectivity index (χ0v) is 15.4. The second-order valence-electron chi connectivity index (χ2n) is 7.88. The van der Waals surface area contributed by atoms with Gasteiger partial charge in [0, 0.05) is 44.1 Å². The SMILES string of the molecule is CN=C(NCC1(c2ccc(OC)cc2)CC1)N1CCC2(CCOC2)C1. The number of nitrogens with one attached hydrogen (secondary N) is 1. The molecule has 0 bridgehead atoms. The fourth-order valence-electron chi connectivity index (χ4n) is 4.33. The smallest absolute Gasteiger partial charge is 0.193 e. The van der Waals surface area contributed by atoms with Crippen LogP contribution in [0, 0.1) is 5.41 Å². The van der Waals surface area contributed by atoms with Gasteiger partial charge in [-0.25, -0.2) is 0 Å². The molecule has 1 N–H and O–H groups in total. The average molecular weight is 343 g/mol. The predicted octanol–water partition coefficient (Wildman–Crippen LogP) is 2.41. The third-order valence-corrected chi connectivity index (χ3v) is 6.28. The van der Waals surface area contributed by atoms with Crippen LogP contribution in [0.1, 0.15) is 31.2 Å². The highest BCUT2D eigenvalue weighted by molar-refractivity contribution is 5.80. The molecule has 5 nitrogen and oxygen atoms in total. The molecule has 1 aliphatic carbocycles. The van der Waals surface area contributed by atoms with E-state index in [1.54, 1.807) is 7.11 Å². The van der Waals surface area contributed by atoms with Gasteiger partial charge in [-0.1, -0.05) is 12.1 Å². The van der Waals surface area contributed by atoms with E-state index in [1.165, 1.54) is 31.2 Å². The second kappa shape index (κ2) is 6.52. The van der Waals surface area contributed by atoms with Crippen molar-refractivity contribution in [1.82, 2.24) is 10.2 Å². The molecule has 0 amide bonds. The quantitative estimate of drug-likeness (QED) is 0.674. The average Bonchev–Trinajstić information content (AvgIpc) is 3.11. The van der Waals surface area contributed by atoms with E-state index < -0.39 is 0 Å². The van der Waals surface area contributed by atoms with Crippen LogP contribution in [0.5, 0.6) is 5.75 Å². The first-order chi connectivity index (χ1) is 12.2. The Kier molecular flexibility index (Phi) is 4.36. The molecule has 25 heavy (non-hydrogen) atoms. The molecule has 3 fully saturated rings. The van der Waals surface area contributed by atoms with E-state index in [1.807, 2.05) is 7.05 Å². The molecule has 136 valence electrons. The van der Waals surface area contributed by atoms with Gasteiger partial charge in [-0.2, -0.15) is 0 Å². The molecule has 1 spiro atoms. The third-order valence-electron chi connectivity index (χ3n) is 6.28. The lowest BCUT2D eigenvalue weighted by molar-refractivity contribution is 0.156. The van der Waals surface area contributed by atoms with Gasteiger partial charge < -0.3 is 19.7 Å². The highest BCUT2D eigenvalue weighted by atomic mass is 16.5. The summed E-state index contributed by atoms with van der Waals surface area (Å²) in [4.78, 5) is 6.96. The number of benzene rings is 1. The van der Waals surface area contributed by atoms with Gasteiger partial charge in [0.1, 0.15) is 5.75 Å². The Morgan fingerprint density at radius 1 is 1.24 bits per heavy atom. The number of likely N-dealkylation sites (tertiary alicyclic amines) is 1. The van der Waals surface area contributed by atoms with E-state index in [9.17, 15) is 0 Å². The van der Waals surface area contributed by atoms with Gasteiger partial charge in [0.25, 0.3) is 0 Å². The standard InChI is InChI=1S/C20H29N3O2/c1-21-18(23-11-9-19(14-23)10-12-25-15-19)22-13-20(7-8-20)16-3-5-17(24-2)6-4-16/h3-6H,7-15H2,1-2H3,(H,21,22). The van der Waals surface area contributed by atoms with Crippen molar-refractivity contribution in [2.75, 3.05) is 47.0 Å². The summed E-state index contributed by atoms with van der Waals surface area (Å²) in [5.74, 6) is 1.97. The maximum Gasteiger partial charge on any atom is 0.193 e. The molecule has 0 radical (unpaired) electrons. The molecule has 4 rings (SSSR count). The zero-order valence-electron chi connectivity index (χ0n) is 15.4. The summed E-state index contributed by atoms with van der Waals surface area (Å²) < 4.78 is 10.9. The maximum absolute atomic E-state index is 5.65. The van der Waals surface area contributed by atoms with E-state index in [4.69, 9.17) is 9.47 Å². The highest BCUT2D eigenvalue weighted by Crippen LogP contribution is 2.48. The molecular weight excluding hydrogens is 314 g/mol. The summed E-state index contributed by atoms with van der Waals surface area (Å²) in [6, 6.07) is 8.54. The molecule has 2 saturated heterocycles. The second-order valence-corrected chi connectivity index (χ2v) is 7.88. The van der Waals surface area contributed by atoms with Crippen LogP contribution in [-0.4, -0.2) is 57.9 Å². The Bertz CT molecular complexity index is 631. The summed E-state index contributed by atoms with van der Waals surface area (Å²) in [6.07, 6.45) is 4.88. The lowest BCUT2D eigenvalue weighted by atomic mass is 9.87. The first kappa shape index (κ1) is 16.7. The fraction of sp³-hybridized carbons (Fsp3) is 0.650. The van der Waals surface area contributed by atoms with E-state index in [0.717, 1.165) is 44.6 Å². The van der Waals surface area contributed by atoms with E-state index in [-0.39, 0.29) is 5.41 Å². The molecule has 2 aliphatic heterocycles. The van der Waals surface area contributed by atoms with Crippen LogP contribution >= 0.6 is 0 Å².